The second kappa shape index (κ2) is 9.87. The highest BCUT2D eigenvalue weighted by molar-refractivity contribution is 5.96. The second-order valence-corrected chi connectivity index (χ2v) is 10.6. The van der Waals surface area contributed by atoms with Gasteiger partial charge in [0.15, 0.2) is 0 Å². The molecule has 0 saturated carbocycles. The average Bonchev–Trinajstić information content (AvgIpc) is 3.13. The van der Waals surface area contributed by atoms with Gasteiger partial charge < -0.3 is 29.5 Å². The molecule has 0 aliphatic carbocycles. The first kappa shape index (κ1) is 24.4. The van der Waals surface area contributed by atoms with Gasteiger partial charge in [-0.25, -0.2) is 4.98 Å². The number of ether oxygens (including phenoxy) is 2. The number of likely N-dealkylation sites (tertiary alicyclic amines) is 1. The number of nitrogens with zero attached hydrogens (tertiary/aromatic N) is 4. The third-order valence-electron chi connectivity index (χ3n) is 6.45. The Morgan fingerprint density at radius 2 is 2.00 bits per heavy atom. The van der Waals surface area contributed by atoms with Crippen molar-refractivity contribution in [1.82, 2.24) is 25.0 Å². The van der Waals surface area contributed by atoms with Crippen molar-refractivity contribution in [3.05, 3.63) is 23.9 Å². The summed E-state index contributed by atoms with van der Waals surface area (Å²) in [5.74, 6) is -0.149. The summed E-state index contributed by atoms with van der Waals surface area (Å²) in [5.41, 5.74) is 0.213. The van der Waals surface area contributed by atoms with Crippen LogP contribution < -0.4 is 10.1 Å². The number of aromatic nitrogens is 1. The third-order valence-corrected chi connectivity index (χ3v) is 6.45. The Balaban J connectivity index is 1.58. The Hall–Kier alpha value is -2.72. The molecular formula is C24H35N5O5. The summed E-state index contributed by atoms with van der Waals surface area (Å²) in [6.07, 6.45) is 1.70. The van der Waals surface area contributed by atoms with E-state index in [1.165, 1.54) is 0 Å². The number of piperazine rings is 1. The number of amides is 3. The smallest absolute Gasteiger partial charge is 0.257 e. The maximum Gasteiger partial charge on any atom is 0.257 e. The van der Waals surface area contributed by atoms with E-state index in [9.17, 15) is 14.4 Å². The lowest BCUT2D eigenvalue weighted by Gasteiger charge is -2.42. The van der Waals surface area contributed by atoms with Crippen molar-refractivity contribution >= 4 is 17.7 Å². The molecule has 10 heteroatoms. The Labute approximate surface area is 200 Å². The van der Waals surface area contributed by atoms with Crippen molar-refractivity contribution in [2.75, 3.05) is 53.0 Å². The van der Waals surface area contributed by atoms with Gasteiger partial charge in [0.05, 0.1) is 18.2 Å². The fourth-order valence-corrected chi connectivity index (χ4v) is 4.75. The molecule has 0 aromatic carbocycles. The van der Waals surface area contributed by atoms with Crippen molar-refractivity contribution in [3.8, 4) is 5.88 Å². The molecule has 10 nitrogen and oxygen atoms in total. The van der Waals surface area contributed by atoms with Gasteiger partial charge in [-0.2, -0.15) is 0 Å². The Bertz CT molecular complexity index is 933. The highest BCUT2D eigenvalue weighted by Gasteiger charge is 2.38. The molecule has 3 aliphatic heterocycles. The molecule has 0 unspecified atom stereocenters. The summed E-state index contributed by atoms with van der Waals surface area (Å²) >= 11 is 0. The van der Waals surface area contributed by atoms with Crippen LogP contribution in [-0.2, 0) is 14.3 Å². The van der Waals surface area contributed by atoms with Crippen LogP contribution in [0.5, 0.6) is 5.88 Å². The summed E-state index contributed by atoms with van der Waals surface area (Å²) in [6, 6.07) is 2.75. The zero-order valence-corrected chi connectivity index (χ0v) is 20.5. The van der Waals surface area contributed by atoms with Crippen molar-refractivity contribution in [2.45, 2.75) is 45.4 Å². The first-order chi connectivity index (χ1) is 16.1. The van der Waals surface area contributed by atoms with Crippen LogP contribution in [0.25, 0.3) is 0 Å². The molecule has 4 rings (SSSR count). The zero-order valence-electron chi connectivity index (χ0n) is 20.5. The molecule has 0 spiro atoms. The van der Waals surface area contributed by atoms with Crippen LogP contribution in [0.15, 0.2) is 18.3 Å². The molecule has 3 amide bonds. The van der Waals surface area contributed by atoms with Gasteiger partial charge in [0, 0.05) is 45.3 Å². The normalized spacial score (nSPS) is 26.8. The first-order valence-corrected chi connectivity index (χ1v) is 11.9. The predicted molar refractivity (Wildman–Crippen MR) is 124 cm³/mol. The van der Waals surface area contributed by atoms with E-state index in [2.05, 4.69) is 15.2 Å². The van der Waals surface area contributed by atoms with Crippen LogP contribution in [0, 0.1) is 5.41 Å². The molecular weight excluding hydrogens is 438 g/mol. The molecule has 3 aliphatic rings. The number of rotatable bonds is 1. The standard InChI is InChI=1S/C24H35N5O5/c1-24(2,3)10-20(30)28-8-9-29-16(11-28)14-34-23-17(6-5-7-25-23)22(32)26-18-12-27(4)13-19(18)33-15-21(29)31/h5-7,16,18-19H,8-15H2,1-4H3,(H,26,32)/t16-,18+,19-/m0/s1. The summed E-state index contributed by atoms with van der Waals surface area (Å²) in [7, 11) is 1.95. The highest BCUT2D eigenvalue weighted by Crippen LogP contribution is 2.23. The van der Waals surface area contributed by atoms with E-state index < -0.39 is 0 Å². The van der Waals surface area contributed by atoms with E-state index in [1.54, 1.807) is 28.1 Å². The first-order valence-electron chi connectivity index (χ1n) is 11.9. The van der Waals surface area contributed by atoms with Gasteiger partial charge in [-0.05, 0) is 24.6 Å². The van der Waals surface area contributed by atoms with Crippen LogP contribution in [0.3, 0.4) is 0 Å². The van der Waals surface area contributed by atoms with Crippen LogP contribution in [0.4, 0.5) is 0 Å². The number of hydrogen-bond acceptors (Lipinski definition) is 7. The van der Waals surface area contributed by atoms with Crippen LogP contribution in [0.1, 0.15) is 37.6 Å². The van der Waals surface area contributed by atoms with E-state index in [-0.39, 0.29) is 60.4 Å². The van der Waals surface area contributed by atoms with Crippen molar-refractivity contribution in [2.24, 2.45) is 5.41 Å². The van der Waals surface area contributed by atoms with Gasteiger partial charge in [0.25, 0.3) is 5.91 Å². The summed E-state index contributed by atoms with van der Waals surface area (Å²) in [4.78, 5) is 49.0. The van der Waals surface area contributed by atoms with Gasteiger partial charge in [0.2, 0.25) is 17.7 Å². The van der Waals surface area contributed by atoms with Gasteiger partial charge in [-0.15, -0.1) is 0 Å². The van der Waals surface area contributed by atoms with Crippen molar-refractivity contribution < 1.29 is 23.9 Å². The third kappa shape index (κ3) is 5.67. The molecule has 2 fully saturated rings. The number of fused-ring (bicyclic) bond motifs is 3. The lowest BCUT2D eigenvalue weighted by Crippen LogP contribution is -2.59. The van der Waals surface area contributed by atoms with Crippen LogP contribution >= 0.6 is 0 Å². The largest absolute Gasteiger partial charge is 0.475 e. The number of carbonyl (C=O) groups excluding carboxylic acids is 3. The Morgan fingerprint density at radius 3 is 2.76 bits per heavy atom. The predicted octanol–water partition coefficient (Wildman–Crippen LogP) is 0.379. The monoisotopic (exact) mass is 473 g/mol. The maximum atomic E-state index is 13.2. The number of pyridine rings is 1. The summed E-state index contributed by atoms with van der Waals surface area (Å²) in [5, 5.41) is 3.02. The van der Waals surface area contributed by atoms with Crippen LogP contribution in [-0.4, -0.2) is 109 Å². The molecule has 2 saturated heterocycles. The molecule has 1 aromatic rings. The van der Waals surface area contributed by atoms with Gasteiger partial charge >= 0.3 is 0 Å². The molecule has 1 N–H and O–H groups in total. The van der Waals surface area contributed by atoms with Crippen molar-refractivity contribution in [3.63, 3.8) is 0 Å². The van der Waals surface area contributed by atoms with Crippen LogP contribution in [0.2, 0.25) is 0 Å². The minimum atomic E-state index is -0.366. The fraction of sp³-hybridized carbons (Fsp3) is 0.667. The maximum absolute atomic E-state index is 13.2. The van der Waals surface area contributed by atoms with Gasteiger partial charge in [0.1, 0.15) is 18.8 Å². The van der Waals surface area contributed by atoms with E-state index >= 15 is 0 Å². The molecule has 1 aromatic heterocycles. The number of nitrogens with one attached hydrogen (secondary N) is 1. The van der Waals surface area contributed by atoms with E-state index in [0.29, 0.717) is 44.7 Å². The highest BCUT2D eigenvalue weighted by atomic mass is 16.5. The summed E-state index contributed by atoms with van der Waals surface area (Å²) in [6.45, 7) is 8.63. The fourth-order valence-electron chi connectivity index (χ4n) is 4.75. The van der Waals surface area contributed by atoms with E-state index in [1.807, 2.05) is 27.8 Å². The molecule has 34 heavy (non-hydrogen) atoms. The second-order valence-electron chi connectivity index (χ2n) is 10.6. The minimum Gasteiger partial charge on any atom is -0.475 e. The molecule has 0 bridgehead atoms. The number of likely N-dealkylation sites (N-methyl/N-ethyl adjacent to an activating group) is 1. The van der Waals surface area contributed by atoms with E-state index in [0.717, 1.165) is 0 Å². The Morgan fingerprint density at radius 1 is 1.21 bits per heavy atom. The van der Waals surface area contributed by atoms with Crippen molar-refractivity contribution in [1.29, 1.82) is 0 Å². The molecule has 3 atom stereocenters. The number of hydrogen-bond donors (Lipinski definition) is 1. The molecule has 4 heterocycles. The summed E-state index contributed by atoms with van der Waals surface area (Å²) < 4.78 is 12.0. The quantitative estimate of drug-likeness (QED) is 0.629. The van der Waals surface area contributed by atoms with Gasteiger partial charge in [-0.3, -0.25) is 14.4 Å². The Kier molecular flexibility index (Phi) is 7.09. The topological polar surface area (TPSA) is 104 Å². The lowest BCUT2D eigenvalue weighted by atomic mass is 9.91. The molecule has 0 radical (unpaired) electrons. The zero-order chi connectivity index (χ0) is 24.5. The van der Waals surface area contributed by atoms with E-state index in [4.69, 9.17) is 9.47 Å². The number of carbonyl (C=O) groups is 3. The van der Waals surface area contributed by atoms with Gasteiger partial charge in [-0.1, -0.05) is 20.8 Å². The average molecular weight is 474 g/mol. The molecule has 186 valence electrons. The SMILES string of the molecule is CN1C[C@@H]2OCC(=O)N3CCN(C(=O)CC(C)(C)C)C[C@H]3COc3ncccc3C(=O)N[C@@H]2C1. The lowest BCUT2D eigenvalue weighted by molar-refractivity contribution is -0.149. The minimum absolute atomic E-state index is 0.0634.